The van der Waals surface area contributed by atoms with Crippen LogP contribution in [0.1, 0.15) is 115 Å². The zero-order valence-electron chi connectivity index (χ0n) is 29.1. The fourth-order valence-electron chi connectivity index (χ4n) is 6.35. The predicted molar refractivity (Wildman–Crippen MR) is 181 cm³/mol. The van der Waals surface area contributed by atoms with E-state index in [9.17, 15) is 24.1 Å². The number of anilines is 1. The first-order valence-electron chi connectivity index (χ1n) is 16.7. The lowest BCUT2D eigenvalue weighted by Crippen LogP contribution is -2.52. The van der Waals surface area contributed by atoms with Crippen molar-refractivity contribution in [3.8, 4) is 11.8 Å². The Morgan fingerprint density at radius 2 is 1.60 bits per heavy atom. The van der Waals surface area contributed by atoms with Gasteiger partial charge in [0, 0.05) is 48.6 Å². The summed E-state index contributed by atoms with van der Waals surface area (Å²) >= 11 is 1.09. The van der Waals surface area contributed by atoms with Gasteiger partial charge in [0.1, 0.15) is 16.1 Å². The summed E-state index contributed by atoms with van der Waals surface area (Å²) in [7, 11) is 0. The van der Waals surface area contributed by atoms with Crippen LogP contribution in [0.2, 0.25) is 0 Å². The summed E-state index contributed by atoms with van der Waals surface area (Å²) in [5.41, 5.74) is -1.37. The molecule has 2 aliphatic heterocycles. The Bertz CT molecular complexity index is 1420. The van der Waals surface area contributed by atoms with Crippen LogP contribution < -0.4 is 4.90 Å². The molecule has 0 radical (unpaired) electrons. The Morgan fingerprint density at radius 1 is 0.957 bits per heavy atom. The number of nitrogens with zero attached hydrogens (tertiary/aromatic N) is 4. The average molecular weight is 671 g/mol. The summed E-state index contributed by atoms with van der Waals surface area (Å²) in [6.07, 6.45) is 3.95. The van der Waals surface area contributed by atoms with E-state index in [1.54, 1.807) is 20.8 Å². The second kappa shape index (κ2) is 14.3. The molecule has 0 bridgehead atoms. The Hall–Kier alpha value is -3.46. The highest BCUT2D eigenvalue weighted by molar-refractivity contribution is 7.15. The molecule has 12 heteroatoms. The van der Waals surface area contributed by atoms with E-state index in [-0.39, 0.29) is 34.7 Å². The molecule has 2 saturated heterocycles. The van der Waals surface area contributed by atoms with Crippen molar-refractivity contribution in [1.82, 2.24) is 9.80 Å². The van der Waals surface area contributed by atoms with E-state index in [1.807, 2.05) is 48.5 Å². The molecule has 3 aliphatic rings. The number of ether oxygens (including phenoxy) is 2. The van der Waals surface area contributed by atoms with Crippen LogP contribution >= 0.6 is 11.3 Å². The number of thiophene rings is 1. The van der Waals surface area contributed by atoms with Gasteiger partial charge in [0.25, 0.3) is 0 Å². The Labute approximate surface area is 282 Å². The van der Waals surface area contributed by atoms with Crippen LogP contribution in [0, 0.1) is 34.0 Å². The number of hydrogen-bond acceptors (Lipinski definition) is 8. The molecule has 258 valence electrons. The Kier molecular flexibility index (Phi) is 11.1. The third-order valence-electron chi connectivity index (χ3n) is 8.92. The number of amides is 4. The fourth-order valence-corrected chi connectivity index (χ4v) is 7.22. The highest BCUT2D eigenvalue weighted by Gasteiger charge is 2.43. The maximum atomic E-state index is 14.3. The standard InChI is InChI=1S/C35H50N4O7S/c1-23-9-11-24(12-10-23)30(41)39(27-21-26(13-16-33(2,3)4)47-28(27)29(40)36-44)25-14-18-37(19-15-25)31(42)46-35(8)17-20-38(22-35)32(43)45-34(5,6)7/h21,23-25H,9-12,14-15,17-20,22H2,1-8H3/t23-,24-,35?. The number of likely N-dealkylation sites (tertiary alicyclic amines) is 2. The molecule has 47 heavy (non-hydrogen) atoms. The van der Waals surface area contributed by atoms with Crippen molar-refractivity contribution >= 4 is 41.0 Å². The SMILES string of the molecule is CC(C)(C)C#Cc1cc(N(C(=O)[C@H]2CC[C@H](C)CC2)C2CCN(C(=O)OC3(C)CCN(C(=O)OC(C)(C)C)C3)CC2)c(C(=O)N=O)s1. The maximum absolute atomic E-state index is 14.3. The summed E-state index contributed by atoms with van der Waals surface area (Å²) in [4.78, 5) is 70.1. The number of carbonyl (C=O) groups excluding carboxylic acids is 4. The quantitative estimate of drug-likeness (QED) is 0.239. The van der Waals surface area contributed by atoms with Crippen molar-refractivity contribution in [3.05, 3.63) is 20.7 Å². The van der Waals surface area contributed by atoms with Crippen molar-refractivity contribution in [1.29, 1.82) is 0 Å². The molecule has 0 N–H and O–H groups in total. The van der Waals surface area contributed by atoms with Crippen LogP contribution in [0.4, 0.5) is 15.3 Å². The average Bonchev–Trinajstić information content (AvgIpc) is 3.59. The third-order valence-corrected chi connectivity index (χ3v) is 9.95. The molecule has 1 atom stereocenters. The van der Waals surface area contributed by atoms with E-state index < -0.39 is 29.3 Å². The van der Waals surface area contributed by atoms with Crippen molar-refractivity contribution in [2.75, 3.05) is 31.1 Å². The molecule has 4 rings (SSSR count). The maximum Gasteiger partial charge on any atom is 0.410 e. The molecule has 11 nitrogen and oxygen atoms in total. The molecule has 0 aromatic carbocycles. The molecule has 3 fully saturated rings. The van der Waals surface area contributed by atoms with Gasteiger partial charge in [-0.2, -0.15) is 0 Å². The van der Waals surface area contributed by atoms with Crippen molar-refractivity contribution in [3.63, 3.8) is 0 Å². The predicted octanol–water partition coefficient (Wildman–Crippen LogP) is 7.21. The van der Waals surface area contributed by atoms with Gasteiger partial charge in [-0.3, -0.25) is 9.59 Å². The highest BCUT2D eigenvalue weighted by Crippen LogP contribution is 2.38. The summed E-state index contributed by atoms with van der Waals surface area (Å²) in [6.45, 7) is 16.8. The monoisotopic (exact) mass is 670 g/mol. The molecule has 1 aromatic heterocycles. The highest BCUT2D eigenvalue weighted by atomic mass is 32.1. The second-order valence-electron chi connectivity index (χ2n) is 15.6. The van der Waals surface area contributed by atoms with Gasteiger partial charge in [0.2, 0.25) is 5.91 Å². The van der Waals surface area contributed by atoms with E-state index in [4.69, 9.17) is 9.47 Å². The van der Waals surface area contributed by atoms with E-state index >= 15 is 0 Å². The first-order valence-corrected chi connectivity index (χ1v) is 17.5. The lowest BCUT2D eigenvalue weighted by atomic mass is 9.82. The van der Waals surface area contributed by atoms with Gasteiger partial charge in [-0.05, 0) is 99.0 Å². The zero-order chi connectivity index (χ0) is 34.7. The van der Waals surface area contributed by atoms with Crippen molar-refractivity contribution in [2.24, 2.45) is 22.4 Å². The van der Waals surface area contributed by atoms with Crippen LogP contribution in [-0.2, 0) is 14.3 Å². The molecule has 1 aromatic rings. The number of hydrogen-bond donors (Lipinski definition) is 0. The van der Waals surface area contributed by atoms with E-state index in [1.165, 1.54) is 0 Å². The lowest BCUT2D eigenvalue weighted by molar-refractivity contribution is -0.124. The largest absolute Gasteiger partial charge is 0.444 e. The lowest BCUT2D eigenvalue weighted by Gasteiger charge is -2.41. The molecule has 3 heterocycles. The Morgan fingerprint density at radius 3 is 2.17 bits per heavy atom. The minimum Gasteiger partial charge on any atom is -0.444 e. The van der Waals surface area contributed by atoms with Crippen LogP contribution in [0.3, 0.4) is 0 Å². The molecular weight excluding hydrogens is 620 g/mol. The zero-order valence-corrected chi connectivity index (χ0v) is 30.0. The summed E-state index contributed by atoms with van der Waals surface area (Å²) in [5, 5.41) is 2.71. The molecule has 1 aliphatic carbocycles. The summed E-state index contributed by atoms with van der Waals surface area (Å²) in [6, 6.07) is 1.44. The van der Waals surface area contributed by atoms with Gasteiger partial charge in [-0.15, -0.1) is 16.2 Å². The molecule has 4 amide bonds. The minimum absolute atomic E-state index is 0.0632. The molecule has 1 saturated carbocycles. The van der Waals surface area contributed by atoms with Gasteiger partial charge in [0.15, 0.2) is 0 Å². The van der Waals surface area contributed by atoms with Crippen LogP contribution in [0.5, 0.6) is 0 Å². The van der Waals surface area contributed by atoms with Crippen molar-refractivity contribution in [2.45, 2.75) is 118 Å². The van der Waals surface area contributed by atoms with Crippen LogP contribution in [-0.4, -0.2) is 77.2 Å². The number of rotatable bonds is 5. The minimum atomic E-state index is -0.921. The Balaban J connectivity index is 1.52. The van der Waals surface area contributed by atoms with Gasteiger partial charge in [-0.25, -0.2) is 9.59 Å². The van der Waals surface area contributed by atoms with Crippen molar-refractivity contribution < 1.29 is 28.7 Å². The van der Waals surface area contributed by atoms with Gasteiger partial charge in [-0.1, -0.05) is 18.8 Å². The summed E-state index contributed by atoms with van der Waals surface area (Å²) < 4.78 is 11.4. The van der Waals surface area contributed by atoms with Gasteiger partial charge < -0.3 is 24.2 Å². The number of piperidine rings is 1. The number of nitroso groups, excluding NO2 is 1. The smallest absolute Gasteiger partial charge is 0.410 e. The van der Waals surface area contributed by atoms with Crippen LogP contribution in [0.15, 0.2) is 11.2 Å². The first-order chi connectivity index (χ1) is 21.9. The third kappa shape index (κ3) is 9.55. The van der Waals surface area contributed by atoms with Gasteiger partial charge >= 0.3 is 18.1 Å². The van der Waals surface area contributed by atoms with E-state index in [2.05, 4.69) is 23.9 Å². The second-order valence-corrected chi connectivity index (χ2v) is 16.6. The van der Waals surface area contributed by atoms with Crippen LogP contribution in [0.25, 0.3) is 0 Å². The normalized spacial score (nSPS) is 23.8. The molecule has 0 spiro atoms. The topological polar surface area (TPSA) is 126 Å². The van der Waals surface area contributed by atoms with E-state index in [0.717, 1.165) is 37.0 Å². The fraction of sp³-hybridized carbons (Fsp3) is 0.714. The van der Waals surface area contributed by atoms with Gasteiger partial charge in [0.05, 0.1) is 17.1 Å². The first kappa shape index (κ1) is 36.4. The molecule has 1 unspecified atom stereocenters. The number of carbonyl (C=O) groups is 4. The molecular formula is C35H50N4O7S. The van der Waals surface area contributed by atoms with E-state index in [0.29, 0.717) is 55.4 Å². The summed E-state index contributed by atoms with van der Waals surface area (Å²) in [5.74, 6) is 5.67.